The van der Waals surface area contributed by atoms with E-state index in [1.807, 2.05) is 62.9 Å². The molecule has 2 amide bonds. The van der Waals surface area contributed by atoms with Gasteiger partial charge in [0.15, 0.2) is 0 Å². The van der Waals surface area contributed by atoms with Crippen molar-refractivity contribution in [2.24, 2.45) is 0 Å². The summed E-state index contributed by atoms with van der Waals surface area (Å²) in [6, 6.07) is 13.3. The minimum atomic E-state index is -0.113. The average Bonchev–Trinajstić information content (AvgIpc) is 2.71. The molecule has 0 N–H and O–H groups in total. The summed E-state index contributed by atoms with van der Waals surface area (Å²) in [5, 5.41) is 0. The summed E-state index contributed by atoms with van der Waals surface area (Å²) in [7, 11) is 0. The number of rotatable bonds is 9. The third kappa shape index (κ3) is 5.65. The van der Waals surface area contributed by atoms with Crippen molar-refractivity contribution in [3.05, 3.63) is 65.5 Å². The molecule has 28 heavy (non-hydrogen) atoms. The Morgan fingerprint density at radius 3 is 2.18 bits per heavy atom. The van der Waals surface area contributed by atoms with E-state index < -0.39 is 0 Å². The lowest BCUT2D eigenvalue weighted by Gasteiger charge is -2.27. The first-order chi connectivity index (χ1) is 13.5. The van der Waals surface area contributed by atoms with E-state index in [4.69, 9.17) is 0 Å². The monoisotopic (exact) mass is 381 g/mol. The van der Waals surface area contributed by atoms with Crippen LogP contribution in [0.3, 0.4) is 0 Å². The van der Waals surface area contributed by atoms with Crippen molar-refractivity contribution in [3.63, 3.8) is 0 Å². The van der Waals surface area contributed by atoms with Crippen LogP contribution in [-0.2, 0) is 6.54 Å². The molecular weight excluding hydrogens is 350 g/mol. The highest BCUT2D eigenvalue weighted by Gasteiger charge is 2.22. The van der Waals surface area contributed by atoms with Crippen molar-refractivity contribution in [2.45, 2.75) is 53.1 Å². The van der Waals surface area contributed by atoms with E-state index in [-0.39, 0.29) is 17.9 Å². The maximum Gasteiger partial charge on any atom is 0.272 e. The van der Waals surface area contributed by atoms with E-state index in [0.29, 0.717) is 30.9 Å². The second-order valence-electron chi connectivity index (χ2n) is 7.23. The largest absolute Gasteiger partial charge is 0.337 e. The molecule has 0 unspecified atom stereocenters. The lowest BCUT2D eigenvalue weighted by atomic mass is 10.1. The van der Waals surface area contributed by atoms with Crippen LogP contribution >= 0.6 is 0 Å². The Hall–Kier alpha value is -2.69. The maximum absolute atomic E-state index is 13.2. The van der Waals surface area contributed by atoms with Crippen LogP contribution in [-0.4, -0.2) is 45.7 Å². The molecule has 150 valence electrons. The van der Waals surface area contributed by atoms with Crippen LogP contribution in [0.4, 0.5) is 0 Å². The summed E-state index contributed by atoms with van der Waals surface area (Å²) in [6.45, 7) is 10.0. The molecule has 0 radical (unpaired) electrons. The Labute approximate surface area is 168 Å². The van der Waals surface area contributed by atoms with Gasteiger partial charge >= 0.3 is 0 Å². The minimum absolute atomic E-state index is 0.0386. The van der Waals surface area contributed by atoms with Gasteiger partial charge in [-0.1, -0.05) is 44.2 Å². The minimum Gasteiger partial charge on any atom is -0.337 e. The fourth-order valence-corrected chi connectivity index (χ4v) is 3.13. The quantitative estimate of drug-likeness (QED) is 0.647. The van der Waals surface area contributed by atoms with E-state index in [2.05, 4.69) is 4.98 Å². The smallest absolute Gasteiger partial charge is 0.272 e. The van der Waals surface area contributed by atoms with E-state index in [9.17, 15) is 9.59 Å². The highest BCUT2D eigenvalue weighted by molar-refractivity contribution is 5.98. The van der Waals surface area contributed by atoms with Gasteiger partial charge in [0.25, 0.3) is 11.8 Å². The molecule has 0 atom stereocenters. The van der Waals surface area contributed by atoms with Gasteiger partial charge in [0.1, 0.15) is 5.69 Å². The fraction of sp³-hybridized carbons (Fsp3) is 0.435. The number of hydrogen-bond acceptors (Lipinski definition) is 3. The summed E-state index contributed by atoms with van der Waals surface area (Å²) in [5.74, 6) is -0.203. The number of pyridine rings is 1. The van der Waals surface area contributed by atoms with Gasteiger partial charge in [-0.3, -0.25) is 14.6 Å². The van der Waals surface area contributed by atoms with Gasteiger partial charge in [-0.05, 0) is 44.4 Å². The topological polar surface area (TPSA) is 53.5 Å². The third-order valence-electron chi connectivity index (χ3n) is 4.58. The molecule has 0 aliphatic heterocycles. The zero-order valence-electron chi connectivity index (χ0n) is 17.4. The van der Waals surface area contributed by atoms with Crippen molar-refractivity contribution in [3.8, 4) is 0 Å². The van der Waals surface area contributed by atoms with Crippen molar-refractivity contribution in [2.75, 3.05) is 13.1 Å². The average molecular weight is 382 g/mol. The van der Waals surface area contributed by atoms with Crippen molar-refractivity contribution in [1.82, 2.24) is 14.8 Å². The number of nitrogens with zero attached hydrogens (tertiary/aromatic N) is 3. The second-order valence-corrected chi connectivity index (χ2v) is 7.23. The van der Waals surface area contributed by atoms with Crippen molar-refractivity contribution < 1.29 is 9.59 Å². The molecule has 5 heteroatoms. The number of carbonyl (C=O) groups excluding carboxylic acids is 2. The number of amides is 2. The molecule has 1 aromatic carbocycles. The normalized spacial score (nSPS) is 10.8. The molecule has 0 spiro atoms. The summed E-state index contributed by atoms with van der Waals surface area (Å²) in [4.78, 5) is 33.8. The van der Waals surface area contributed by atoms with Crippen LogP contribution in [0.5, 0.6) is 0 Å². The molecule has 5 nitrogen and oxygen atoms in total. The Bertz CT molecular complexity index is 768. The molecule has 2 rings (SSSR count). The van der Waals surface area contributed by atoms with E-state index >= 15 is 0 Å². The van der Waals surface area contributed by atoms with Crippen LogP contribution in [0.15, 0.2) is 48.7 Å². The zero-order valence-corrected chi connectivity index (χ0v) is 17.4. The van der Waals surface area contributed by atoms with Gasteiger partial charge in [0.2, 0.25) is 0 Å². The van der Waals surface area contributed by atoms with Crippen LogP contribution in [0.25, 0.3) is 0 Å². The predicted octanol–water partition coefficient (Wildman–Crippen LogP) is 4.39. The van der Waals surface area contributed by atoms with Crippen molar-refractivity contribution >= 4 is 11.8 Å². The number of carbonyl (C=O) groups is 2. The van der Waals surface area contributed by atoms with Crippen LogP contribution < -0.4 is 0 Å². The van der Waals surface area contributed by atoms with E-state index in [0.717, 1.165) is 18.4 Å². The summed E-state index contributed by atoms with van der Waals surface area (Å²) in [6.07, 6.45) is 3.34. The lowest BCUT2D eigenvalue weighted by molar-refractivity contribution is 0.0690. The van der Waals surface area contributed by atoms with Crippen molar-refractivity contribution in [1.29, 1.82) is 0 Å². The molecule has 2 aromatic rings. The Morgan fingerprint density at radius 1 is 0.964 bits per heavy atom. The summed E-state index contributed by atoms with van der Waals surface area (Å²) < 4.78 is 0. The molecular formula is C23H31N3O2. The predicted molar refractivity (Wildman–Crippen MR) is 112 cm³/mol. The molecule has 0 aliphatic rings. The first-order valence-corrected chi connectivity index (χ1v) is 10.1. The van der Waals surface area contributed by atoms with E-state index in [1.165, 1.54) is 0 Å². The standard InChI is InChI=1S/C23H31N3O2/c1-5-14-25(15-6-2)23(28)21-16-20(12-13-24-21)22(27)26(18(3)4)17-19-10-8-7-9-11-19/h7-13,16,18H,5-6,14-15,17H2,1-4H3. The van der Waals surface area contributed by atoms with Gasteiger partial charge in [0.05, 0.1) is 0 Å². The first kappa shape index (κ1) is 21.6. The Kier molecular flexibility index (Phi) is 8.18. The molecule has 1 heterocycles. The van der Waals surface area contributed by atoms with E-state index in [1.54, 1.807) is 23.2 Å². The maximum atomic E-state index is 13.2. The van der Waals surface area contributed by atoms with Gasteiger partial charge in [-0.2, -0.15) is 0 Å². The molecule has 1 aromatic heterocycles. The molecule has 0 bridgehead atoms. The Morgan fingerprint density at radius 2 is 1.61 bits per heavy atom. The first-order valence-electron chi connectivity index (χ1n) is 10.1. The summed E-state index contributed by atoms with van der Waals surface area (Å²) >= 11 is 0. The van der Waals surface area contributed by atoms with Crippen LogP contribution in [0.1, 0.15) is 66.9 Å². The summed E-state index contributed by atoms with van der Waals surface area (Å²) in [5.41, 5.74) is 1.90. The number of benzene rings is 1. The van der Waals surface area contributed by atoms with Crippen LogP contribution in [0, 0.1) is 0 Å². The molecule has 0 fully saturated rings. The van der Waals surface area contributed by atoms with Gasteiger partial charge in [-0.15, -0.1) is 0 Å². The third-order valence-corrected chi connectivity index (χ3v) is 4.58. The second kappa shape index (κ2) is 10.6. The Balaban J connectivity index is 2.24. The van der Waals surface area contributed by atoms with Gasteiger partial charge in [-0.25, -0.2) is 0 Å². The molecule has 0 saturated heterocycles. The van der Waals surface area contributed by atoms with Gasteiger partial charge < -0.3 is 9.80 Å². The highest BCUT2D eigenvalue weighted by atomic mass is 16.2. The number of hydrogen-bond donors (Lipinski definition) is 0. The highest BCUT2D eigenvalue weighted by Crippen LogP contribution is 2.15. The van der Waals surface area contributed by atoms with Crippen LogP contribution in [0.2, 0.25) is 0 Å². The SMILES string of the molecule is CCCN(CCC)C(=O)c1cc(C(=O)N(Cc2ccccc2)C(C)C)ccn1. The fourth-order valence-electron chi connectivity index (χ4n) is 3.13. The molecule has 0 aliphatic carbocycles. The molecule has 0 saturated carbocycles. The van der Waals surface area contributed by atoms with Gasteiger partial charge in [0, 0.05) is 37.4 Å². The zero-order chi connectivity index (χ0) is 20.5. The lowest BCUT2D eigenvalue weighted by Crippen LogP contribution is -2.37. The number of aromatic nitrogens is 1.